The summed E-state index contributed by atoms with van der Waals surface area (Å²) < 4.78 is 0. The van der Waals surface area contributed by atoms with Crippen LogP contribution in [-0.4, -0.2) is 47.3 Å². The SMILES string of the molecule is CCNC1CCC(N2CCC(C)(O)CC2)CC1. The predicted octanol–water partition coefficient (Wildman–Crippen LogP) is 1.75. The lowest BCUT2D eigenvalue weighted by Crippen LogP contribution is -2.49. The fraction of sp³-hybridized carbons (Fsp3) is 1.00. The van der Waals surface area contributed by atoms with E-state index in [1.54, 1.807) is 0 Å². The molecule has 1 saturated carbocycles. The first-order valence-electron chi connectivity index (χ1n) is 7.30. The Morgan fingerprint density at radius 2 is 1.76 bits per heavy atom. The number of hydrogen-bond acceptors (Lipinski definition) is 3. The predicted molar refractivity (Wildman–Crippen MR) is 71.2 cm³/mol. The van der Waals surface area contributed by atoms with E-state index in [0.29, 0.717) is 0 Å². The van der Waals surface area contributed by atoms with E-state index in [1.807, 2.05) is 6.92 Å². The van der Waals surface area contributed by atoms with E-state index in [1.165, 1.54) is 25.7 Å². The fourth-order valence-electron chi connectivity index (χ4n) is 3.30. The average Bonchev–Trinajstić information content (AvgIpc) is 2.31. The second-order valence-corrected chi connectivity index (χ2v) is 6.10. The van der Waals surface area contributed by atoms with Crippen LogP contribution in [0.1, 0.15) is 52.4 Å². The van der Waals surface area contributed by atoms with Gasteiger partial charge in [0.25, 0.3) is 0 Å². The van der Waals surface area contributed by atoms with Crippen molar-refractivity contribution in [2.75, 3.05) is 19.6 Å². The molecule has 2 rings (SSSR count). The van der Waals surface area contributed by atoms with Crippen LogP contribution in [0.25, 0.3) is 0 Å². The topological polar surface area (TPSA) is 35.5 Å². The van der Waals surface area contributed by atoms with Gasteiger partial charge in [0.05, 0.1) is 5.60 Å². The first-order chi connectivity index (χ1) is 8.11. The van der Waals surface area contributed by atoms with Gasteiger partial charge in [-0.05, 0) is 52.0 Å². The van der Waals surface area contributed by atoms with Crippen molar-refractivity contribution in [1.29, 1.82) is 0 Å². The molecular formula is C14H28N2O. The van der Waals surface area contributed by atoms with E-state index < -0.39 is 5.60 Å². The van der Waals surface area contributed by atoms with Crippen molar-refractivity contribution >= 4 is 0 Å². The molecule has 0 aromatic heterocycles. The number of nitrogens with one attached hydrogen (secondary N) is 1. The van der Waals surface area contributed by atoms with Crippen LogP contribution in [0.4, 0.5) is 0 Å². The lowest BCUT2D eigenvalue weighted by molar-refractivity contribution is -0.0217. The van der Waals surface area contributed by atoms with E-state index in [9.17, 15) is 5.11 Å². The highest BCUT2D eigenvalue weighted by atomic mass is 16.3. The molecule has 1 heterocycles. The molecule has 1 aliphatic carbocycles. The smallest absolute Gasteiger partial charge is 0.0644 e. The van der Waals surface area contributed by atoms with Crippen LogP contribution in [0.3, 0.4) is 0 Å². The lowest BCUT2D eigenvalue weighted by Gasteiger charge is -2.42. The summed E-state index contributed by atoms with van der Waals surface area (Å²) in [7, 11) is 0. The molecule has 2 N–H and O–H groups in total. The minimum absolute atomic E-state index is 0.405. The zero-order valence-electron chi connectivity index (χ0n) is 11.4. The van der Waals surface area contributed by atoms with E-state index in [0.717, 1.165) is 44.6 Å². The van der Waals surface area contributed by atoms with E-state index in [-0.39, 0.29) is 0 Å². The Labute approximate surface area is 106 Å². The van der Waals surface area contributed by atoms with Gasteiger partial charge in [0.1, 0.15) is 0 Å². The molecule has 2 fully saturated rings. The molecule has 1 saturated heterocycles. The van der Waals surface area contributed by atoms with Crippen LogP contribution in [0.2, 0.25) is 0 Å². The molecule has 0 radical (unpaired) electrons. The summed E-state index contributed by atoms with van der Waals surface area (Å²) in [6.45, 7) is 7.44. The third kappa shape index (κ3) is 3.67. The van der Waals surface area contributed by atoms with Gasteiger partial charge in [-0.2, -0.15) is 0 Å². The van der Waals surface area contributed by atoms with Crippen LogP contribution >= 0.6 is 0 Å². The molecule has 0 atom stereocenters. The maximum Gasteiger partial charge on any atom is 0.0644 e. The van der Waals surface area contributed by atoms with E-state index in [4.69, 9.17) is 0 Å². The van der Waals surface area contributed by atoms with Gasteiger partial charge in [-0.3, -0.25) is 0 Å². The highest BCUT2D eigenvalue weighted by Gasteiger charge is 2.32. The number of aliphatic hydroxyl groups is 1. The number of likely N-dealkylation sites (tertiary alicyclic amines) is 1. The standard InChI is InChI=1S/C14H28N2O/c1-3-15-12-4-6-13(7-5-12)16-10-8-14(2,17)9-11-16/h12-13,15,17H,3-11H2,1-2H3. The minimum Gasteiger partial charge on any atom is -0.390 e. The Balaban J connectivity index is 1.74. The quantitative estimate of drug-likeness (QED) is 0.789. The van der Waals surface area contributed by atoms with Crippen LogP contribution < -0.4 is 5.32 Å². The molecule has 0 unspecified atom stereocenters. The third-order valence-corrected chi connectivity index (χ3v) is 4.58. The Morgan fingerprint density at radius 1 is 1.18 bits per heavy atom. The van der Waals surface area contributed by atoms with Gasteiger partial charge in [-0.25, -0.2) is 0 Å². The number of hydrogen-bond donors (Lipinski definition) is 2. The normalized spacial score (nSPS) is 34.8. The van der Waals surface area contributed by atoms with Gasteiger partial charge in [-0.15, -0.1) is 0 Å². The first-order valence-corrected chi connectivity index (χ1v) is 7.30. The van der Waals surface area contributed by atoms with Gasteiger partial charge in [0.2, 0.25) is 0 Å². The second-order valence-electron chi connectivity index (χ2n) is 6.10. The fourth-order valence-corrected chi connectivity index (χ4v) is 3.30. The summed E-state index contributed by atoms with van der Waals surface area (Å²) in [6, 6.07) is 1.53. The number of rotatable bonds is 3. The zero-order chi connectivity index (χ0) is 12.3. The monoisotopic (exact) mass is 240 g/mol. The molecule has 0 spiro atoms. The van der Waals surface area contributed by atoms with Crippen molar-refractivity contribution in [1.82, 2.24) is 10.2 Å². The largest absolute Gasteiger partial charge is 0.390 e. The highest BCUT2D eigenvalue weighted by molar-refractivity contribution is 4.88. The average molecular weight is 240 g/mol. The molecule has 17 heavy (non-hydrogen) atoms. The maximum atomic E-state index is 9.97. The summed E-state index contributed by atoms with van der Waals surface area (Å²) >= 11 is 0. The molecular weight excluding hydrogens is 212 g/mol. The Bertz CT molecular complexity index is 224. The van der Waals surface area contributed by atoms with Crippen molar-refractivity contribution in [3.05, 3.63) is 0 Å². The van der Waals surface area contributed by atoms with Crippen molar-refractivity contribution in [3.8, 4) is 0 Å². The molecule has 3 heteroatoms. The van der Waals surface area contributed by atoms with Crippen LogP contribution in [0.5, 0.6) is 0 Å². The Hall–Kier alpha value is -0.120. The summed E-state index contributed by atoms with van der Waals surface area (Å²) in [5, 5.41) is 13.5. The summed E-state index contributed by atoms with van der Waals surface area (Å²) in [5.74, 6) is 0. The highest BCUT2D eigenvalue weighted by Crippen LogP contribution is 2.28. The zero-order valence-corrected chi connectivity index (χ0v) is 11.4. The lowest BCUT2D eigenvalue weighted by atomic mass is 9.87. The molecule has 100 valence electrons. The van der Waals surface area contributed by atoms with E-state index >= 15 is 0 Å². The van der Waals surface area contributed by atoms with Gasteiger partial charge >= 0.3 is 0 Å². The van der Waals surface area contributed by atoms with Crippen molar-refractivity contribution in [2.24, 2.45) is 0 Å². The molecule has 1 aliphatic heterocycles. The molecule has 0 amide bonds. The second kappa shape index (κ2) is 5.68. The van der Waals surface area contributed by atoms with Crippen LogP contribution in [-0.2, 0) is 0 Å². The first kappa shape index (κ1) is 13.3. The number of nitrogens with zero attached hydrogens (tertiary/aromatic N) is 1. The number of piperidine rings is 1. The summed E-state index contributed by atoms with van der Waals surface area (Å²) in [4.78, 5) is 2.61. The van der Waals surface area contributed by atoms with E-state index in [2.05, 4.69) is 17.1 Å². The Morgan fingerprint density at radius 3 is 2.29 bits per heavy atom. The third-order valence-electron chi connectivity index (χ3n) is 4.58. The molecule has 0 bridgehead atoms. The minimum atomic E-state index is -0.405. The van der Waals surface area contributed by atoms with Crippen molar-refractivity contribution in [2.45, 2.75) is 70.1 Å². The molecule has 2 aliphatic rings. The maximum absolute atomic E-state index is 9.97. The molecule has 0 aromatic carbocycles. The van der Waals surface area contributed by atoms with Crippen molar-refractivity contribution < 1.29 is 5.11 Å². The Kier molecular flexibility index (Phi) is 4.45. The van der Waals surface area contributed by atoms with Gasteiger partial charge in [0.15, 0.2) is 0 Å². The molecule has 0 aromatic rings. The van der Waals surface area contributed by atoms with Gasteiger partial charge in [0, 0.05) is 25.2 Å². The molecule has 3 nitrogen and oxygen atoms in total. The van der Waals surface area contributed by atoms with Gasteiger partial charge < -0.3 is 15.3 Å². The van der Waals surface area contributed by atoms with Crippen LogP contribution in [0, 0.1) is 0 Å². The van der Waals surface area contributed by atoms with Gasteiger partial charge in [-0.1, -0.05) is 6.92 Å². The van der Waals surface area contributed by atoms with Crippen LogP contribution in [0.15, 0.2) is 0 Å². The summed E-state index contributed by atoms with van der Waals surface area (Å²) in [5.41, 5.74) is -0.405. The summed E-state index contributed by atoms with van der Waals surface area (Å²) in [6.07, 6.45) is 7.21. The van der Waals surface area contributed by atoms with Crippen molar-refractivity contribution in [3.63, 3.8) is 0 Å².